The minimum Gasteiger partial charge on any atom is -0.508 e. The standard InChI is InChI=1S/C13H9NO.C4H4O4/c15-10-5-6-13-12(7-10)11-4-2-1-3-9(11)8-14-13;5-3(6)1-2-4(7)8/h1-8,15H;1-2H,(H,5,6)(H,7,8)/b;2-1+. The van der Waals surface area contributed by atoms with E-state index in [1.165, 1.54) is 0 Å². The van der Waals surface area contributed by atoms with Crippen molar-refractivity contribution >= 4 is 33.6 Å². The van der Waals surface area contributed by atoms with Gasteiger partial charge in [0.1, 0.15) is 5.75 Å². The van der Waals surface area contributed by atoms with Crippen molar-refractivity contribution in [2.45, 2.75) is 0 Å². The predicted molar refractivity (Wildman–Crippen MR) is 85.3 cm³/mol. The van der Waals surface area contributed by atoms with Crippen LogP contribution in [0.15, 0.2) is 60.8 Å². The Morgan fingerprint density at radius 1 is 0.913 bits per heavy atom. The van der Waals surface area contributed by atoms with Crippen LogP contribution in [0.4, 0.5) is 0 Å². The average Bonchev–Trinajstić information content (AvgIpc) is 2.53. The number of carbonyl (C=O) groups is 2. The monoisotopic (exact) mass is 311 g/mol. The molecule has 0 aliphatic carbocycles. The number of aliphatic carboxylic acids is 2. The third-order valence-electron chi connectivity index (χ3n) is 2.94. The van der Waals surface area contributed by atoms with Crippen molar-refractivity contribution in [3.63, 3.8) is 0 Å². The van der Waals surface area contributed by atoms with E-state index in [9.17, 15) is 14.7 Å². The van der Waals surface area contributed by atoms with Crippen LogP contribution in [0.2, 0.25) is 0 Å². The van der Waals surface area contributed by atoms with Gasteiger partial charge in [-0.05, 0) is 23.6 Å². The Bertz CT molecular complexity index is 886. The van der Waals surface area contributed by atoms with Gasteiger partial charge in [0.05, 0.1) is 5.52 Å². The molecular weight excluding hydrogens is 298 g/mol. The second kappa shape index (κ2) is 7.04. The molecule has 0 saturated carbocycles. The van der Waals surface area contributed by atoms with Crippen molar-refractivity contribution in [3.05, 3.63) is 60.8 Å². The number of aromatic nitrogens is 1. The summed E-state index contributed by atoms with van der Waals surface area (Å²) in [7, 11) is 0. The van der Waals surface area contributed by atoms with Crippen molar-refractivity contribution < 1.29 is 24.9 Å². The Hall–Kier alpha value is -3.41. The van der Waals surface area contributed by atoms with Gasteiger partial charge >= 0.3 is 11.9 Å². The van der Waals surface area contributed by atoms with Crippen molar-refractivity contribution in [1.29, 1.82) is 0 Å². The van der Waals surface area contributed by atoms with E-state index < -0.39 is 11.9 Å². The molecule has 0 aliphatic heterocycles. The number of pyridine rings is 1. The third-order valence-corrected chi connectivity index (χ3v) is 2.94. The van der Waals surface area contributed by atoms with E-state index in [4.69, 9.17) is 10.2 Å². The van der Waals surface area contributed by atoms with Crippen molar-refractivity contribution in [3.8, 4) is 5.75 Å². The van der Waals surface area contributed by atoms with E-state index in [2.05, 4.69) is 4.98 Å². The fourth-order valence-corrected chi connectivity index (χ4v) is 1.99. The second-order valence-corrected chi connectivity index (χ2v) is 4.56. The number of fused-ring (bicyclic) bond motifs is 3. The zero-order chi connectivity index (χ0) is 16.8. The number of carboxylic acid groups (broad SMARTS) is 2. The highest BCUT2D eigenvalue weighted by atomic mass is 16.4. The number of hydrogen-bond donors (Lipinski definition) is 3. The van der Waals surface area contributed by atoms with Gasteiger partial charge in [-0.2, -0.15) is 0 Å². The number of carboxylic acids is 2. The molecule has 0 atom stereocenters. The average molecular weight is 311 g/mol. The number of phenols is 1. The van der Waals surface area contributed by atoms with Gasteiger partial charge in [-0.3, -0.25) is 4.98 Å². The van der Waals surface area contributed by atoms with Crippen LogP contribution in [0.3, 0.4) is 0 Å². The highest BCUT2D eigenvalue weighted by Crippen LogP contribution is 2.25. The van der Waals surface area contributed by atoms with E-state index in [0.717, 1.165) is 21.7 Å². The second-order valence-electron chi connectivity index (χ2n) is 4.56. The van der Waals surface area contributed by atoms with Crippen LogP contribution in [-0.2, 0) is 9.59 Å². The van der Waals surface area contributed by atoms with Crippen LogP contribution in [0, 0.1) is 0 Å². The molecule has 1 aromatic heterocycles. The van der Waals surface area contributed by atoms with Gasteiger partial charge in [-0.1, -0.05) is 24.3 Å². The lowest BCUT2D eigenvalue weighted by Crippen LogP contribution is -1.91. The summed E-state index contributed by atoms with van der Waals surface area (Å²) < 4.78 is 0. The maximum absolute atomic E-state index is 9.55. The molecule has 0 fully saturated rings. The number of nitrogens with zero attached hydrogens (tertiary/aromatic N) is 1. The summed E-state index contributed by atoms with van der Waals surface area (Å²) in [5, 5.41) is 28.3. The summed E-state index contributed by atoms with van der Waals surface area (Å²) in [6.45, 7) is 0. The third kappa shape index (κ3) is 4.28. The van der Waals surface area contributed by atoms with Crippen LogP contribution in [0.5, 0.6) is 5.75 Å². The topological polar surface area (TPSA) is 108 Å². The van der Waals surface area contributed by atoms with Crippen molar-refractivity contribution in [1.82, 2.24) is 4.98 Å². The molecule has 0 spiro atoms. The fourth-order valence-electron chi connectivity index (χ4n) is 1.99. The first-order chi connectivity index (χ1) is 11.0. The highest BCUT2D eigenvalue weighted by molar-refractivity contribution is 6.05. The van der Waals surface area contributed by atoms with Crippen LogP contribution in [-0.4, -0.2) is 32.2 Å². The Morgan fingerprint density at radius 2 is 1.57 bits per heavy atom. The number of hydrogen-bond acceptors (Lipinski definition) is 4. The smallest absolute Gasteiger partial charge is 0.328 e. The Kier molecular flexibility index (Phi) is 4.89. The number of rotatable bonds is 2. The SMILES string of the molecule is O=C(O)/C=C/C(=O)O.Oc1ccc2ncc3ccccc3c2c1. The van der Waals surface area contributed by atoms with E-state index in [-0.39, 0.29) is 5.75 Å². The molecule has 6 heteroatoms. The molecule has 3 rings (SSSR count). The molecule has 116 valence electrons. The van der Waals surface area contributed by atoms with Crippen LogP contribution in [0.1, 0.15) is 0 Å². The zero-order valence-corrected chi connectivity index (χ0v) is 11.9. The summed E-state index contributed by atoms with van der Waals surface area (Å²) in [5.41, 5.74) is 0.909. The molecule has 23 heavy (non-hydrogen) atoms. The normalized spacial score (nSPS) is 10.4. The first kappa shape index (κ1) is 16.0. The maximum Gasteiger partial charge on any atom is 0.328 e. The largest absolute Gasteiger partial charge is 0.508 e. The fraction of sp³-hybridized carbons (Fsp3) is 0. The lowest BCUT2D eigenvalue weighted by atomic mass is 10.1. The van der Waals surface area contributed by atoms with Crippen LogP contribution < -0.4 is 0 Å². The Balaban J connectivity index is 0.000000207. The van der Waals surface area contributed by atoms with Gasteiger partial charge in [0.25, 0.3) is 0 Å². The van der Waals surface area contributed by atoms with E-state index in [0.29, 0.717) is 12.2 Å². The molecule has 0 aliphatic rings. The van der Waals surface area contributed by atoms with Crippen molar-refractivity contribution in [2.75, 3.05) is 0 Å². The Morgan fingerprint density at radius 3 is 2.22 bits per heavy atom. The van der Waals surface area contributed by atoms with E-state index in [1.807, 2.05) is 36.5 Å². The zero-order valence-electron chi connectivity index (χ0n) is 11.9. The van der Waals surface area contributed by atoms with Gasteiger partial charge in [0, 0.05) is 29.1 Å². The van der Waals surface area contributed by atoms with Gasteiger partial charge in [0.15, 0.2) is 0 Å². The lowest BCUT2D eigenvalue weighted by molar-refractivity contribution is -0.134. The molecule has 0 amide bonds. The molecule has 6 nitrogen and oxygen atoms in total. The van der Waals surface area contributed by atoms with Gasteiger partial charge < -0.3 is 15.3 Å². The van der Waals surface area contributed by atoms with E-state index >= 15 is 0 Å². The predicted octanol–water partition coefficient (Wildman–Crippen LogP) is 2.81. The van der Waals surface area contributed by atoms with Gasteiger partial charge in [0.2, 0.25) is 0 Å². The van der Waals surface area contributed by atoms with Gasteiger partial charge in [-0.25, -0.2) is 9.59 Å². The summed E-state index contributed by atoms with van der Waals surface area (Å²) in [5.74, 6) is -2.24. The summed E-state index contributed by atoms with van der Waals surface area (Å²) >= 11 is 0. The molecule has 0 unspecified atom stereocenters. The molecule has 3 aromatic rings. The summed E-state index contributed by atoms with van der Waals surface area (Å²) in [4.78, 5) is 23.4. The molecule has 2 aromatic carbocycles. The first-order valence-electron chi connectivity index (χ1n) is 6.58. The number of benzene rings is 2. The quantitative estimate of drug-likeness (QED) is 0.496. The van der Waals surface area contributed by atoms with Crippen LogP contribution >= 0.6 is 0 Å². The molecule has 3 N–H and O–H groups in total. The summed E-state index contributed by atoms with van der Waals surface area (Å²) in [6, 6.07) is 13.3. The van der Waals surface area contributed by atoms with Gasteiger partial charge in [-0.15, -0.1) is 0 Å². The first-order valence-corrected chi connectivity index (χ1v) is 6.58. The van der Waals surface area contributed by atoms with Crippen molar-refractivity contribution in [2.24, 2.45) is 0 Å². The van der Waals surface area contributed by atoms with E-state index in [1.54, 1.807) is 12.1 Å². The minimum absolute atomic E-state index is 0.278. The summed E-state index contributed by atoms with van der Waals surface area (Å²) in [6.07, 6.45) is 2.97. The highest BCUT2D eigenvalue weighted by Gasteiger charge is 2.01. The molecule has 1 heterocycles. The molecule has 0 radical (unpaired) electrons. The molecular formula is C17H13NO5. The minimum atomic E-state index is -1.26. The Labute approximate surface area is 130 Å². The molecule has 0 saturated heterocycles. The molecule has 0 bridgehead atoms. The maximum atomic E-state index is 9.55. The number of aromatic hydroxyl groups is 1. The van der Waals surface area contributed by atoms with Crippen LogP contribution in [0.25, 0.3) is 21.7 Å². The lowest BCUT2D eigenvalue weighted by Gasteiger charge is -2.02. The number of phenolic OH excluding ortho intramolecular Hbond substituents is 1.